The van der Waals surface area contributed by atoms with Crippen LogP contribution in [0.25, 0.3) is 0 Å². The van der Waals surface area contributed by atoms with E-state index < -0.39 is 0 Å². The Morgan fingerprint density at radius 1 is 1.41 bits per heavy atom. The summed E-state index contributed by atoms with van der Waals surface area (Å²) in [5, 5.41) is 0.643. The lowest BCUT2D eigenvalue weighted by molar-refractivity contribution is 0.651. The molecule has 1 aliphatic rings. The highest BCUT2D eigenvalue weighted by atomic mass is 35.5. The Labute approximate surface area is 103 Å². The first kappa shape index (κ1) is 10.6. The molecule has 0 radical (unpaired) electrons. The summed E-state index contributed by atoms with van der Waals surface area (Å²) in [6, 6.07) is 3.92. The van der Waals surface area contributed by atoms with E-state index in [2.05, 4.69) is 4.98 Å². The molecule has 1 saturated carbocycles. The van der Waals surface area contributed by atoms with E-state index in [4.69, 9.17) is 11.6 Å². The van der Waals surface area contributed by atoms with Gasteiger partial charge >= 0.3 is 5.69 Å². The molecular formula is C12H12ClN3O. The van der Waals surface area contributed by atoms with Crippen molar-refractivity contribution in [2.45, 2.75) is 25.4 Å². The molecule has 17 heavy (non-hydrogen) atoms. The molecule has 5 heteroatoms. The molecule has 0 bridgehead atoms. The fourth-order valence-corrected chi connectivity index (χ4v) is 2.07. The van der Waals surface area contributed by atoms with Gasteiger partial charge in [-0.25, -0.2) is 4.79 Å². The summed E-state index contributed by atoms with van der Waals surface area (Å²) in [4.78, 5) is 16.2. The molecule has 0 unspecified atom stereocenters. The van der Waals surface area contributed by atoms with E-state index in [0.717, 1.165) is 18.5 Å². The van der Waals surface area contributed by atoms with E-state index in [1.54, 1.807) is 27.5 Å². The summed E-state index contributed by atoms with van der Waals surface area (Å²) >= 11 is 5.88. The molecule has 1 fully saturated rings. The van der Waals surface area contributed by atoms with Gasteiger partial charge in [-0.05, 0) is 25.0 Å². The average Bonchev–Trinajstić information content (AvgIpc) is 3.07. The van der Waals surface area contributed by atoms with Gasteiger partial charge in [-0.3, -0.25) is 14.1 Å². The first-order valence-corrected chi connectivity index (χ1v) is 5.99. The second-order valence-corrected chi connectivity index (χ2v) is 4.75. The molecule has 0 saturated heterocycles. The number of hydrogen-bond acceptors (Lipinski definition) is 2. The largest absolute Gasteiger partial charge is 0.328 e. The molecular weight excluding hydrogens is 238 g/mol. The molecule has 3 rings (SSSR count). The van der Waals surface area contributed by atoms with Crippen molar-refractivity contribution in [3.05, 3.63) is 51.9 Å². The maximum Gasteiger partial charge on any atom is 0.328 e. The van der Waals surface area contributed by atoms with Crippen molar-refractivity contribution in [1.82, 2.24) is 14.1 Å². The average molecular weight is 250 g/mol. The van der Waals surface area contributed by atoms with Crippen LogP contribution in [0, 0.1) is 0 Å². The van der Waals surface area contributed by atoms with Crippen molar-refractivity contribution in [2.24, 2.45) is 0 Å². The molecule has 0 spiro atoms. The molecule has 0 atom stereocenters. The van der Waals surface area contributed by atoms with E-state index in [1.165, 1.54) is 0 Å². The molecule has 0 amide bonds. The van der Waals surface area contributed by atoms with Crippen LogP contribution in [-0.4, -0.2) is 14.1 Å². The lowest BCUT2D eigenvalue weighted by Gasteiger charge is -2.01. The molecule has 0 aliphatic heterocycles. The van der Waals surface area contributed by atoms with Crippen molar-refractivity contribution < 1.29 is 0 Å². The number of pyridine rings is 1. The quantitative estimate of drug-likeness (QED) is 0.836. The molecule has 4 nitrogen and oxygen atoms in total. The van der Waals surface area contributed by atoms with Gasteiger partial charge in [0.15, 0.2) is 0 Å². The number of halogens is 1. The van der Waals surface area contributed by atoms with Gasteiger partial charge in [0.1, 0.15) is 0 Å². The minimum absolute atomic E-state index is 0.0364. The van der Waals surface area contributed by atoms with Gasteiger partial charge in [-0.2, -0.15) is 0 Å². The third-order valence-corrected chi connectivity index (χ3v) is 3.16. The predicted octanol–water partition coefficient (Wildman–Crippen LogP) is 2.08. The number of rotatable bonds is 3. The van der Waals surface area contributed by atoms with Crippen molar-refractivity contribution in [1.29, 1.82) is 0 Å². The van der Waals surface area contributed by atoms with Gasteiger partial charge in [0.2, 0.25) is 0 Å². The first-order chi connectivity index (χ1) is 8.24. The van der Waals surface area contributed by atoms with Crippen LogP contribution in [0.5, 0.6) is 0 Å². The SMILES string of the molecule is O=c1n(Cc2cc(Cl)ccn2)ccn1C1CC1. The molecule has 0 aromatic carbocycles. The number of imidazole rings is 1. The Hall–Kier alpha value is -1.55. The summed E-state index contributed by atoms with van der Waals surface area (Å²) < 4.78 is 3.46. The Kier molecular flexibility index (Phi) is 2.52. The molecule has 2 aromatic heterocycles. The van der Waals surface area contributed by atoms with Crippen molar-refractivity contribution >= 4 is 11.6 Å². The standard InChI is InChI=1S/C12H12ClN3O/c13-9-3-4-14-10(7-9)8-15-5-6-16(12(15)17)11-1-2-11/h3-7,11H,1-2,8H2. The summed E-state index contributed by atoms with van der Waals surface area (Å²) in [7, 11) is 0. The van der Waals surface area contributed by atoms with Crippen LogP contribution in [0.15, 0.2) is 35.5 Å². The zero-order valence-electron chi connectivity index (χ0n) is 9.21. The normalized spacial score (nSPS) is 15.1. The van der Waals surface area contributed by atoms with Crippen LogP contribution < -0.4 is 5.69 Å². The fraction of sp³-hybridized carbons (Fsp3) is 0.333. The molecule has 88 valence electrons. The van der Waals surface area contributed by atoms with E-state index in [-0.39, 0.29) is 5.69 Å². The van der Waals surface area contributed by atoms with Gasteiger partial charge < -0.3 is 0 Å². The van der Waals surface area contributed by atoms with Crippen molar-refractivity contribution in [3.8, 4) is 0 Å². The Balaban J connectivity index is 1.88. The maximum absolute atomic E-state index is 12.0. The Morgan fingerprint density at radius 3 is 2.94 bits per heavy atom. The highest BCUT2D eigenvalue weighted by Crippen LogP contribution is 2.33. The number of hydrogen-bond donors (Lipinski definition) is 0. The van der Waals surface area contributed by atoms with Crippen LogP contribution in [0.2, 0.25) is 5.02 Å². The summed E-state index contributed by atoms with van der Waals surface area (Å²) in [5.74, 6) is 0. The van der Waals surface area contributed by atoms with Crippen LogP contribution >= 0.6 is 11.6 Å². The number of aromatic nitrogens is 3. The molecule has 1 aliphatic carbocycles. The van der Waals surface area contributed by atoms with Gasteiger partial charge in [-0.1, -0.05) is 11.6 Å². The third-order valence-electron chi connectivity index (χ3n) is 2.93. The fourth-order valence-electron chi connectivity index (χ4n) is 1.89. The minimum Gasteiger partial charge on any atom is -0.296 e. The van der Waals surface area contributed by atoms with E-state index in [0.29, 0.717) is 17.6 Å². The molecule has 0 N–H and O–H groups in total. The first-order valence-electron chi connectivity index (χ1n) is 5.62. The summed E-state index contributed by atoms with van der Waals surface area (Å²) in [6.07, 6.45) is 7.53. The van der Waals surface area contributed by atoms with Crippen molar-refractivity contribution in [2.75, 3.05) is 0 Å². The maximum atomic E-state index is 12.0. The predicted molar refractivity (Wildman–Crippen MR) is 65.3 cm³/mol. The Morgan fingerprint density at radius 2 is 2.24 bits per heavy atom. The van der Waals surface area contributed by atoms with Gasteiger partial charge in [-0.15, -0.1) is 0 Å². The van der Waals surface area contributed by atoms with Crippen LogP contribution in [0.1, 0.15) is 24.6 Å². The van der Waals surface area contributed by atoms with Gasteiger partial charge in [0, 0.05) is 29.7 Å². The highest BCUT2D eigenvalue weighted by Gasteiger charge is 2.25. The topological polar surface area (TPSA) is 39.8 Å². The minimum atomic E-state index is 0.0364. The van der Waals surface area contributed by atoms with Crippen molar-refractivity contribution in [3.63, 3.8) is 0 Å². The van der Waals surface area contributed by atoms with E-state index in [9.17, 15) is 4.79 Å². The zero-order valence-corrected chi connectivity index (χ0v) is 9.97. The molecule has 2 aromatic rings. The van der Waals surface area contributed by atoms with E-state index >= 15 is 0 Å². The number of nitrogens with zero attached hydrogens (tertiary/aromatic N) is 3. The summed E-state index contributed by atoms with van der Waals surface area (Å²) in [6.45, 7) is 0.471. The van der Waals surface area contributed by atoms with Gasteiger partial charge in [0.05, 0.1) is 12.2 Å². The van der Waals surface area contributed by atoms with Crippen LogP contribution in [0.4, 0.5) is 0 Å². The lowest BCUT2D eigenvalue weighted by Crippen LogP contribution is -2.24. The van der Waals surface area contributed by atoms with Gasteiger partial charge in [0.25, 0.3) is 0 Å². The monoisotopic (exact) mass is 249 g/mol. The van der Waals surface area contributed by atoms with Crippen LogP contribution in [-0.2, 0) is 6.54 Å². The highest BCUT2D eigenvalue weighted by molar-refractivity contribution is 6.30. The second-order valence-electron chi connectivity index (χ2n) is 4.31. The third kappa shape index (κ3) is 2.13. The van der Waals surface area contributed by atoms with Crippen LogP contribution in [0.3, 0.4) is 0 Å². The lowest BCUT2D eigenvalue weighted by atomic mass is 10.3. The summed E-state index contributed by atoms with van der Waals surface area (Å²) in [5.41, 5.74) is 0.836. The second kappa shape index (κ2) is 4.04. The smallest absolute Gasteiger partial charge is 0.296 e. The Bertz CT molecular complexity index is 598. The zero-order chi connectivity index (χ0) is 11.8. The molecule has 2 heterocycles. The van der Waals surface area contributed by atoms with E-state index in [1.807, 2.05) is 12.4 Å².